The van der Waals surface area contributed by atoms with E-state index in [0.29, 0.717) is 55.0 Å². The molecule has 0 radical (unpaired) electrons. The molecule has 1 fully saturated rings. The Hall–Kier alpha value is -3.58. The maximum atomic E-state index is 14.6. The van der Waals surface area contributed by atoms with Crippen LogP contribution in [0.25, 0.3) is 22.3 Å². The highest BCUT2D eigenvalue weighted by Crippen LogP contribution is 2.44. The molecule has 6 nitrogen and oxygen atoms in total. The Morgan fingerprint density at radius 2 is 1.81 bits per heavy atom. The molecule has 2 aromatic carbocycles. The van der Waals surface area contributed by atoms with Gasteiger partial charge in [0.1, 0.15) is 11.5 Å². The molecule has 2 N–H and O–H groups in total. The average molecular weight is 417 g/mol. The van der Waals surface area contributed by atoms with Gasteiger partial charge in [0.25, 0.3) is 11.8 Å². The highest BCUT2D eigenvalue weighted by atomic mass is 19.1. The molecule has 0 unspecified atom stereocenters. The van der Waals surface area contributed by atoms with Crippen LogP contribution in [-0.4, -0.2) is 48.0 Å². The number of ether oxygens (including phenoxy) is 1. The lowest BCUT2D eigenvalue weighted by molar-refractivity contribution is 0.0303. The number of aromatic nitrogens is 1. The number of nitrogens with two attached hydrogens (primary N) is 1. The second kappa shape index (κ2) is 7.59. The number of fused-ring (bicyclic) bond motifs is 3. The van der Waals surface area contributed by atoms with Crippen LogP contribution in [0.1, 0.15) is 32.0 Å². The molecule has 1 aromatic heterocycles. The Balaban J connectivity index is 1.62. The molecule has 31 heavy (non-hydrogen) atoms. The van der Waals surface area contributed by atoms with Crippen molar-refractivity contribution in [1.29, 1.82) is 0 Å². The third-order valence-electron chi connectivity index (χ3n) is 5.86. The van der Waals surface area contributed by atoms with Gasteiger partial charge in [0, 0.05) is 42.4 Å². The normalized spacial score (nSPS) is 14.8. The van der Waals surface area contributed by atoms with E-state index in [9.17, 15) is 14.0 Å². The highest BCUT2D eigenvalue weighted by molar-refractivity contribution is 6.01. The summed E-state index contributed by atoms with van der Waals surface area (Å²) in [5.74, 6) is -1.05. The molecule has 2 amide bonds. The first kappa shape index (κ1) is 19.4. The van der Waals surface area contributed by atoms with Gasteiger partial charge in [-0.15, -0.1) is 0 Å². The molecule has 1 aliphatic heterocycles. The van der Waals surface area contributed by atoms with E-state index in [1.165, 1.54) is 12.3 Å². The van der Waals surface area contributed by atoms with Crippen LogP contribution < -0.4 is 5.73 Å². The smallest absolute Gasteiger partial charge is 0.267 e. The Kier molecular flexibility index (Phi) is 4.75. The summed E-state index contributed by atoms with van der Waals surface area (Å²) in [7, 11) is 0. The fraction of sp³-hybridized carbons (Fsp3) is 0.208. The number of nitrogens with zero attached hydrogens (tertiary/aromatic N) is 2. The van der Waals surface area contributed by atoms with E-state index >= 15 is 0 Å². The third-order valence-corrected chi connectivity index (χ3v) is 5.86. The van der Waals surface area contributed by atoms with Gasteiger partial charge >= 0.3 is 0 Å². The number of hydrogen-bond donors (Lipinski definition) is 1. The number of pyridine rings is 1. The van der Waals surface area contributed by atoms with Crippen LogP contribution in [0.2, 0.25) is 0 Å². The molecule has 1 aliphatic carbocycles. The molecule has 0 bridgehead atoms. The number of benzene rings is 2. The lowest BCUT2D eigenvalue weighted by Gasteiger charge is -2.27. The van der Waals surface area contributed by atoms with Crippen LogP contribution in [0.5, 0.6) is 0 Å². The predicted molar refractivity (Wildman–Crippen MR) is 113 cm³/mol. The molecular formula is C24H20FN3O3. The summed E-state index contributed by atoms with van der Waals surface area (Å²) < 4.78 is 19.9. The van der Waals surface area contributed by atoms with Gasteiger partial charge in [-0.3, -0.25) is 14.6 Å². The highest BCUT2D eigenvalue weighted by Gasteiger charge is 2.29. The quantitative estimate of drug-likeness (QED) is 0.555. The predicted octanol–water partition coefficient (Wildman–Crippen LogP) is 3.03. The molecule has 7 heteroatoms. The monoisotopic (exact) mass is 417 g/mol. The molecular weight excluding hydrogens is 397 g/mol. The van der Waals surface area contributed by atoms with E-state index in [-0.39, 0.29) is 17.4 Å². The van der Waals surface area contributed by atoms with Gasteiger partial charge in [0.2, 0.25) is 0 Å². The van der Waals surface area contributed by atoms with Crippen molar-refractivity contribution >= 4 is 11.8 Å². The molecule has 1 saturated heterocycles. The van der Waals surface area contributed by atoms with E-state index in [0.717, 1.165) is 16.7 Å². The molecule has 0 saturated carbocycles. The second-order valence-electron chi connectivity index (χ2n) is 7.67. The van der Waals surface area contributed by atoms with Crippen molar-refractivity contribution in [1.82, 2.24) is 9.88 Å². The zero-order chi connectivity index (χ0) is 21.5. The number of amides is 2. The van der Waals surface area contributed by atoms with Crippen molar-refractivity contribution < 1.29 is 18.7 Å². The van der Waals surface area contributed by atoms with Crippen LogP contribution in [0, 0.1) is 5.82 Å². The Morgan fingerprint density at radius 3 is 2.55 bits per heavy atom. The van der Waals surface area contributed by atoms with Crippen LogP contribution in [0.15, 0.2) is 48.7 Å². The Bertz CT molecular complexity index is 1220. The molecule has 2 heterocycles. The Morgan fingerprint density at radius 1 is 1.03 bits per heavy atom. The minimum Gasteiger partial charge on any atom is -0.378 e. The van der Waals surface area contributed by atoms with Crippen molar-refractivity contribution in [3.63, 3.8) is 0 Å². The molecule has 2 aliphatic rings. The van der Waals surface area contributed by atoms with E-state index < -0.39 is 5.91 Å². The largest absolute Gasteiger partial charge is 0.378 e. The number of carbonyl (C=O) groups is 2. The number of primary amides is 1. The SMILES string of the molecule is NC(=O)c1ncc(-c2ccccc2F)c2c1Cc1cc(C(=O)N3CCOCC3)ccc1-2. The van der Waals surface area contributed by atoms with E-state index in [1.54, 1.807) is 29.2 Å². The maximum Gasteiger partial charge on any atom is 0.267 e. The topological polar surface area (TPSA) is 85.5 Å². The number of hydrogen-bond acceptors (Lipinski definition) is 4. The zero-order valence-electron chi connectivity index (χ0n) is 16.7. The first-order valence-corrected chi connectivity index (χ1v) is 10.1. The number of morpholine rings is 1. The Labute approximate surface area is 178 Å². The zero-order valence-corrected chi connectivity index (χ0v) is 16.7. The lowest BCUT2D eigenvalue weighted by Crippen LogP contribution is -2.40. The number of carbonyl (C=O) groups excluding carboxylic acids is 2. The number of rotatable bonds is 3. The van der Waals surface area contributed by atoms with Gasteiger partial charge in [-0.05, 0) is 40.5 Å². The third kappa shape index (κ3) is 3.27. The molecule has 0 atom stereocenters. The van der Waals surface area contributed by atoms with Crippen LogP contribution in [-0.2, 0) is 11.2 Å². The van der Waals surface area contributed by atoms with E-state index in [1.807, 2.05) is 12.1 Å². The molecule has 0 spiro atoms. The standard InChI is InChI=1S/C24H20FN3O3/c25-20-4-2-1-3-17(20)19-13-27-22(23(26)29)18-12-15-11-14(5-6-16(15)21(18)19)24(30)28-7-9-31-10-8-28/h1-6,11,13H,7-10,12H2,(H2,26,29). The summed E-state index contributed by atoms with van der Waals surface area (Å²) >= 11 is 0. The van der Waals surface area contributed by atoms with E-state index in [2.05, 4.69) is 4.98 Å². The van der Waals surface area contributed by atoms with Gasteiger partial charge in [-0.2, -0.15) is 0 Å². The summed E-state index contributed by atoms with van der Waals surface area (Å²) in [6.07, 6.45) is 1.90. The van der Waals surface area contributed by atoms with Gasteiger partial charge in [0.05, 0.1) is 13.2 Å². The summed E-state index contributed by atoms with van der Waals surface area (Å²) in [5, 5.41) is 0. The molecule has 3 aromatic rings. The van der Waals surface area contributed by atoms with Gasteiger partial charge in [-0.1, -0.05) is 24.3 Å². The van der Waals surface area contributed by atoms with Crippen molar-refractivity contribution in [3.05, 3.63) is 76.9 Å². The van der Waals surface area contributed by atoms with Crippen LogP contribution >= 0.6 is 0 Å². The summed E-state index contributed by atoms with van der Waals surface area (Å²) in [6.45, 7) is 2.18. The minimum atomic E-state index is -0.631. The summed E-state index contributed by atoms with van der Waals surface area (Å²) in [5.41, 5.74) is 10.5. The summed E-state index contributed by atoms with van der Waals surface area (Å²) in [4.78, 5) is 31.0. The second-order valence-corrected chi connectivity index (χ2v) is 7.67. The first-order valence-electron chi connectivity index (χ1n) is 10.1. The van der Waals surface area contributed by atoms with Crippen molar-refractivity contribution in [2.45, 2.75) is 6.42 Å². The summed E-state index contributed by atoms with van der Waals surface area (Å²) in [6, 6.07) is 12.0. The van der Waals surface area contributed by atoms with Crippen LogP contribution in [0.4, 0.5) is 4.39 Å². The van der Waals surface area contributed by atoms with Crippen molar-refractivity contribution in [3.8, 4) is 22.3 Å². The molecule has 156 valence electrons. The minimum absolute atomic E-state index is 0.0513. The van der Waals surface area contributed by atoms with E-state index in [4.69, 9.17) is 10.5 Å². The van der Waals surface area contributed by atoms with Crippen molar-refractivity contribution in [2.75, 3.05) is 26.3 Å². The van der Waals surface area contributed by atoms with Crippen LogP contribution in [0.3, 0.4) is 0 Å². The maximum absolute atomic E-state index is 14.6. The van der Waals surface area contributed by atoms with Gasteiger partial charge in [-0.25, -0.2) is 4.39 Å². The lowest BCUT2D eigenvalue weighted by atomic mass is 9.94. The fourth-order valence-corrected chi connectivity index (χ4v) is 4.38. The molecule has 5 rings (SSSR count). The van der Waals surface area contributed by atoms with Gasteiger partial charge < -0.3 is 15.4 Å². The number of halogens is 1. The van der Waals surface area contributed by atoms with Crippen molar-refractivity contribution in [2.24, 2.45) is 5.73 Å². The van der Waals surface area contributed by atoms with Gasteiger partial charge in [0.15, 0.2) is 0 Å². The first-order chi connectivity index (χ1) is 15.0. The fourth-order valence-electron chi connectivity index (χ4n) is 4.38. The average Bonchev–Trinajstić information content (AvgIpc) is 3.17.